The molecule has 1 nitrogen and oxygen atoms in total. The van der Waals surface area contributed by atoms with Crippen molar-refractivity contribution in [2.75, 3.05) is 6.61 Å². The molecule has 0 fully saturated rings. The Balaban J connectivity index is 2.75. The first-order valence-corrected chi connectivity index (χ1v) is 7.85. The first kappa shape index (κ1) is 12.5. The van der Waals surface area contributed by atoms with Gasteiger partial charge in [0.1, 0.15) is 0 Å². The van der Waals surface area contributed by atoms with Crippen molar-refractivity contribution in [2.24, 2.45) is 5.92 Å². The molecule has 0 aliphatic carbocycles. The standard InChI is InChI=1S/C13H18OSe/c1-11(7-6-10-14)13(15-2)12-8-4-3-5-9-12/h3-9,11,13-14H,10H2,1-2H3/b7-6+. The summed E-state index contributed by atoms with van der Waals surface area (Å²) >= 11 is 0.584. The van der Waals surface area contributed by atoms with E-state index in [1.807, 2.05) is 6.08 Å². The maximum atomic E-state index is 8.76. The van der Waals surface area contributed by atoms with E-state index in [0.717, 1.165) is 0 Å². The van der Waals surface area contributed by atoms with E-state index in [2.05, 4.69) is 49.2 Å². The first-order valence-electron chi connectivity index (χ1n) is 5.15. The van der Waals surface area contributed by atoms with Gasteiger partial charge in [-0.15, -0.1) is 0 Å². The minimum atomic E-state index is 0.141. The zero-order valence-electron chi connectivity index (χ0n) is 9.26. The van der Waals surface area contributed by atoms with Crippen LogP contribution in [0.25, 0.3) is 0 Å². The van der Waals surface area contributed by atoms with Gasteiger partial charge in [-0.05, 0) is 0 Å². The second kappa shape index (κ2) is 6.84. The van der Waals surface area contributed by atoms with Crippen molar-refractivity contribution >= 4 is 15.0 Å². The zero-order valence-corrected chi connectivity index (χ0v) is 11.0. The molecule has 2 atom stereocenters. The molecule has 0 saturated carbocycles. The third-order valence-electron chi connectivity index (χ3n) is 2.40. The molecule has 0 aliphatic heterocycles. The molecule has 0 saturated heterocycles. The van der Waals surface area contributed by atoms with Crippen molar-refractivity contribution in [3.8, 4) is 0 Å². The van der Waals surface area contributed by atoms with Gasteiger partial charge in [-0.25, -0.2) is 0 Å². The molecule has 0 spiro atoms. The van der Waals surface area contributed by atoms with Crippen molar-refractivity contribution in [1.29, 1.82) is 0 Å². The van der Waals surface area contributed by atoms with Gasteiger partial charge < -0.3 is 0 Å². The van der Waals surface area contributed by atoms with Crippen LogP contribution in [0.3, 0.4) is 0 Å². The van der Waals surface area contributed by atoms with Crippen molar-refractivity contribution in [3.63, 3.8) is 0 Å². The van der Waals surface area contributed by atoms with Crippen LogP contribution in [0.5, 0.6) is 0 Å². The Kier molecular flexibility index (Phi) is 5.70. The van der Waals surface area contributed by atoms with Gasteiger partial charge in [-0.2, -0.15) is 0 Å². The van der Waals surface area contributed by atoms with Crippen LogP contribution in [0.15, 0.2) is 42.5 Å². The Bertz CT molecular complexity index is 295. The summed E-state index contributed by atoms with van der Waals surface area (Å²) in [5.41, 5.74) is 1.41. The number of aliphatic hydroxyl groups is 1. The van der Waals surface area contributed by atoms with Gasteiger partial charge in [0, 0.05) is 0 Å². The number of hydrogen-bond acceptors (Lipinski definition) is 1. The molecule has 82 valence electrons. The molecule has 2 unspecified atom stereocenters. The van der Waals surface area contributed by atoms with Gasteiger partial charge >= 0.3 is 98.2 Å². The summed E-state index contributed by atoms with van der Waals surface area (Å²) in [4.78, 5) is 0.612. The Labute approximate surface area is 98.4 Å². The third kappa shape index (κ3) is 3.83. The van der Waals surface area contributed by atoms with Crippen LogP contribution >= 0.6 is 0 Å². The molecule has 1 aromatic carbocycles. The maximum absolute atomic E-state index is 8.76. The second-order valence-electron chi connectivity index (χ2n) is 3.54. The van der Waals surface area contributed by atoms with Gasteiger partial charge in [0.15, 0.2) is 0 Å². The molecular weight excluding hydrogens is 251 g/mol. The molecule has 0 aromatic heterocycles. The summed E-state index contributed by atoms with van der Waals surface area (Å²) in [6.07, 6.45) is 3.95. The monoisotopic (exact) mass is 270 g/mol. The van der Waals surface area contributed by atoms with Crippen LogP contribution in [-0.2, 0) is 0 Å². The number of aliphatic hydroxyl groups excluding tert-OH is 1. The zero-order chi connectivity index (χ0) is 11.1. The molecule has 2 heteroatoms. The van der Waals surface area contributed by atoms with Crippen molar-refractivity contribution in [2.45, 2.75) is 17.6 Å². The van der Waals surface area contributed by atoms with Crippen molar-refractivity contribution < 1.29 is 5.11 Å². The average Bonchev–Trinajstić information content (AvgIpc) is 2.29. The van der Waals surface area contributed by atoms with E-state index < -0.39 is 0 Å². The fourth-order valence-electron chi connectivity index (χ4n) is 1.67. The van der Waals surface area contributed by atoms with Gasteiger partial charge in [0.25, 0.3) is 0 Å². The van der Waals surface area contributed by atoms with Gasteiger partial charge in [0.2, 0.25) is 0 Å². The fraction of sp³-hybridized carbons (Fsp3) is 0.385. The molecule has 1 aromatic rings. The molecule has 0 aliphatic rings. The summed E-state index contributed by atoms with van der Waals surface area (Å²) in [6, 6.07) is 10.6. The molecule has 0 amide bonds. The number of hydrogen-bond donors (Lipinski definition) is 1. The second-order valence-corrected chi connectivity index (χ2v) is 5.59. The molecule has 0 heterocycles. The van der Waals surface area contributed by atoms with Crippen LogP contribution in [-0.4, -0.2) is 26.7 Å². The predicted octanol–water partition coefficient (Wildman–Crippen LogP) is 2.66. The Hall–Kier alpha value is -0.561. The topological polar surface area (TPSA) is 20.2 Å². The average molecular weight is 269 g/mol. The first-order chi connectivity index (χ1) is 7.29. The summed E-state index contributed by atoms with van der Waals surface area (Å²) in [7, 11) is 0. The molecule has 15 heavy (non-hydrogen) atoms. The van der Waals surface area contributed by atoms with Gasteiger partial charge in [0.05, 0.1) is 0 Å². The number of rotatable bonds is 5. The van der Waals surface area contributed by atoms with Crippen LogP contribution in [0.4, 0.5) is 0 Å². The summed E-state index contributed by atoms with van der Waals surface area (Å²) in [6.45, 7) is 2.36. The van der Waals surface area contributed by atoms with Gasteiger partial charge in [-0.3, -0.25) is 0 Å². The molecule has 0 bridgehead atoms. The van der Waals surface area contributed by atoms with Crippen LogP contribution in [0.2, 0.25) is 5.82 Å². The molecular formula is C13H18OSe. The Morgan fingerprint density at radius 1 is 1.33 bits per heavy atom. The molecule has 1 rings (SSSR count). The van der Waals surface area contributed by atoms with Crippen molar-refractivity contribution in [1.82, 2.24) is 0 Å². The van der Waals surface area contributed by atoms with Crippen LogP contribution in [0, 0.1) is 5.92 Å². The van der Waals surface area contributed by atoms with E-state index in [0.29, 0.717) is 25.7 Å². The van der Waals surface area contributed by atoms with Crippen LogP contribution < -0.4 is 0 Å². The summed E-state index contributed by atoms with van der Waals surface area (Å²) in [5.74, 6) is 2.78. The van der Waals surface area contributed by atoms with E-state index in [1.54, 1.807) is 0 Å². The fourth-order valence-corrected chi connectivity index (χ4v) is 3.67. The SMILES string of the molecule is C[Se]C(c1ccccc1)C(C)/C=C/CO. The van der Waals surface area contributed by atoms with E-state index in [1.165, 1.54) is 5.56 Å². The van der Waals surface area contributed by atoms with E-state index in [-0.39, 0.29) is 6.61 Å². The van der Waals surface area contributed by atoms with E-state index >= 15 is 0 Å². The Morgan fingerprint density at radius 3 is 2.53 bits per heavy atom. The minimum absolute atomic E-state index is 0.141. The number of allylic oxidation sites excluding steroid dienone is 1. The quantitative estimate of drug-likeness (QED) is 0.643. The van der Waals surface area contributed by atoms with E-state index in [4.69, 9.17) is 5.11 Å². The van der Waals surface area contributed by atoms with E-state index in [9.17, 15) is 0 Å². The summed E-state index contributed by atoms with van der Waals surface area (Å²) in [5, 5.41) is 8.76. The van der Waals surface area contributed by atoms with Crippen LogP contribution in [0.1, 0.15) is 17.3 Å². The summed E-state index contributed by atoms with van der Waals surface area (Å²) < 4.78 is 0. The normalized spacial score (nSPS) is 15.4. The molecule has 0 radical (unpaired) electrons. The van der Waals surface area contributed by atoms with Crippen molar-refractivity contribution in [3.05, 3.63) is 48.0 Å². The third-order valence-corrected chi connectivity index (χ3v) is 4.94. The van der Waals surface area contributed by atoms with Gasteiger partial charge in [-0.1, -0.05) is 0 Å². The Morgan fingerprint density at radius 2 is 2.00 bits per heavy atom. The number of benzene rings is 1. The predicted molar refractivity (Wildman–Crippen MR) is 66.2 cm³/mol. The molecule has 1 N–H and O–H groups in total.